The summed E-state index contributed by atoms with van der Waals surface area (Å²) < 4.78 is 21.9. The molecule has 1 aliphatic rings. The van der Waals surface area contributed by atoms with Gasteiger partial charge in [-0.15, -0.1) is 0 Å². The number of nitrogens with zero attached hydrogens (tertiary/aromatic N) is 1. The highest BCUT2D eigenvalue weighted by atomic mass is 19.1. The molecule has 32 heavy (non-hydrogen) atoms. The van der Waals surface area contributed by atoms with Gasteiger partial charge >= 0.3 is 5.97 Å². The fourth-order valence-electron chi connectivity index (χ4n) is 4.25. The highest BCUT2D eigenvalue weighted by Crippen LogP contribution is 2.40. The average molecular weight is 432 g/mol. The Bertz CT molecular complexity index is 1560. The van der Waals surface area contributed by atoms with E-state index < -0.39 is 11.8 Å². The second-order valence-corrected chi connectivity index (χ2v) is 7.67. The molecule has 2 N–H and O–H groups in total. The quantitative estimate of drug-likeness (QED) is 0.503. The number of aryl methyl sites for hydroxylation is 1. The third-order valence-corrected chi connectivity index (χ3v) is 5.76. The number of H-pyrrole nitrogens is 1. The number of pyridine rings is 1. The first-order valence-corrected chi connectivity index (χ1v) is 9.90. The number of furan rings is 1. The van der Waals surface area contributed by atoms with E-state index in [1.165, 1.54) is 35.2 Å². The molecule has 1 aliphatic carbocycles. The zero-order chi connectivity index (χ0) is 22.6. The zero-order valence-corrected chi connectivity index (χ0v) is 16.9. The second-order valence-electron chi connectivity index (χ2n) is 7.67. The van der Waals surface area contributed by atoms with Crippen LogP contribution in [0.15, 0.2) is 58.1 Å². The van der Waals surface area contributed by atoms with Gasteiger partial charge in [0.1, 0.15) is 17.1 Å². The summed E-state index contributed by atoms with van der Waals surface area (Å²) >= 11 is 0. The number of carboxylic acid groups (broad SMARTS) is 1. The first-order valence-electron chi connectivity index (χ1n) is 9.90. The summed E-state index contributed by atoms with van der Waals surface area (Å²) in [5.74, 6) is -2.09. The minimum Gasteiger partial charge on any atom is -0.477 e. The molecule has 0 fully saturated rings. The predicted molar refractivity (Wildman–Crippen MR) is 116 cm³/mol. The number of hydrogen-bond donors (Lipinski definition) is 2. The molecule has 8 heteroatoms. The number of allylic oxidation sites excluding steroid dienone is 4. The summed E-state index contributed by atoms with van der Waals surface area (Å²) in [5, 5.41) is 10.7. The molecule has 5 rings (SSSR count). The number of carboxylic acids is 1. The van der Waals surface area contributed by atoms with Crippen molar-refractivity contribution in [3.8, 4) is 0 Å². The maximum atomic E-state index is 14.9. The van der Waals surface area contributed by atoms with Gasteiger partial charge in [-0.2, -0.15) is 0 Å². The van der Waals surface area contributed by atoms with Crippen molar-refractivity contribution in [1.29, 1.82) is 0 Å². The number of carbonyl (C=O) groups is 2. The molecule has 0 bridgehead atoms. The Morgan fingerprint density at radius 2 is 2.12 bits per heavy atom. The number of rotatable bonds is 4. The lowest BCUT2D eigenvalue weighted by Gasteiger charge is -2.12. The molecule has 1 aromatic carbocycles. The lowest BCUT2D eigenvalue weighted by atomic mass is 9.93. The maximum Gasteiger partial charge on any atom is 0.353 e. The van der Waals surface area contributed by atoms with Crippen LogP contribution < -0.4 is 5.56 Å². The van der Waals surface area contributed by atoms with Crippen molar-refractivity contribution in [3.05, 3.63) is 87.4 Å². The van der Waals surface area contributed by atoms with E-state index in [1.54, 1.807) is 25.2 Å². The molecular weight excluding hydrogens is 415 g/mol. The van der Waals surface area contributed by atoms with Crippen molar-refractivity contribution >= 4 is 39.2 Å². The van der Waals surface area contributed by atoms with Crippen molar-refractivity contribution < 1.29 is 23.5 Å². The number of aromatic carboxylic acids is 1. The molecule has 0 spiro atoms. The first kappa shape index (κ1) is 19.7. The Hall–Kier alpha value is -4.20. The number of hydrogen-bond acceptors (Lipinski definition) is 4. The lowest BCUT2D eigenvalue weighted by molar-refractivity contribution is -0.113. The third kappa shape index (κ3) is 2.91. The molecule has 0 aliphatic heterocycles. The van der Waals surface area contributed by atoms with E-state index in [9.17, 15) is 23.9 Å². The van der Waals surface area contributed by atoms with E-state index in [1.807, 2.05) is 0 Å². The van der Waals surface area contributed by atoms with Gasteiger partial charge in [-0.25, -0.2) is 9.18 Å². The van der Waals surface area contributed by atoms with Crippen LogP contribution in [0.25, 0.3) is 27.4 Å². The monoisotopic (exact) mass is 432 g/mol. The van der Waals surface area contributed by atoms with Gasteiger partial charge in [0.05, 0.1) is 22.6 Å². The van der Waals surface area contributed by atoms with E-state index in [0.29, 0.717) is 10.9 Å². The van der Waals surface area contributed by atoms with Gasteiger partial charge in [0.25, 0.3) is 0 Å². The molecular formula is C24H17FN2O5. The van der Waals surface area contributed by atoms with Gasteiger partial charge in [-0.1, -0.05) is 18.2 Å². The summed E-state index contributed by atoms with van der Waals surface area (Å²) in [4.78, 5) is 39.7. The Balaban J connectivity index is 1.94. The fourth-order valence-corrected chi connectivity index (χ4v) is 4.25. The van der Waals surface area contributed by atoms with Crippen molar-refractivity contribution in [2.24, 2.45) is 0 Å². The van der Waals surface area contributed by atoms with E-state index in [2.05, 4.69) is 4.98 Å². The van der Waals surface area contributed by atoms with Gasteiger partial charge in [0.2, 0.25) is 5.56 Å². The minimum absolute atomic E-state index is 0.00312. The molecule has 3 aromatic heterocycles. The average Bonchev–Trinajstić information content (AvgIpc) is 3.35. The Morgan fingerprint density at radius 3 is 2.88 bits per heavy atom. The molecule has 0 saturated heterocycles. The van der Waals surface area contributed by atoms with Crippen molar-refractivity contribution in [2.75, 3.05) is 0 Å². The van der Waals surface area contributed by atoms with Crippen LogP contribution >= 0.6 is 0 Å². The van der Waals surface area contributed by atoms with Crippen LogP contribution in [0.5, 0.6) is 0 Å². The molecule has 3 heterocycles. The summed E-state index contributed by atoms with van der Waals surface area (Å²) in [5.41, 5.74) is 1.64. The normalized spacial score (nSPS) is 13.8. The van der Waals surface area contributed by atoms with Crippen LogP contribution in [0, 0.1) is 12.7 Å². The molecule has 0 saturated carbocycles. The van der Waals surface area contributed by atoms with Crippen LogP contribution in [0.3, 0.4) is 0 Å². The molecule has 4 aromatic rings. The Kier molecular flexibility index (Phi) is 4.44. The van der Waals surface area contributed by atoms with Crippen LogP contribution in [-0.4, -0.2) is 26.4 Å². The molecule has 0 unspecified atom stereocenters. The van der Waals surface area contributed by atoms with Gasteiger partial charge in [-0.3, -0.25) is 9.59 Å². The topological polar surface area (TPSA) is 105 Å². The number of ketones is 1. The van der Waals surface area contributed by atoms with Crippen molar-refractivity contribution in [1.82, 2.24) is 9.55 Å². The Morgan fingerprint density at radius 1 is 1.31 bits per heavy atom. The van der Waals surface area contributed by atoms with Crippen LogP contribution in [0.1, 0.15) is 33.6 Å². The standard InChI is InChI=1S/C24H17FN2O5/c1-12-10-26-19(29)8-13(12)11-27-17-9-16(25)14-6-7-32-23(14)21(17)20(22(27)24(30)31)15-4-2-3-5-18(15)28/h2-4,6-10H,5,11H2,1H3,(H,26,29)(H,30,31). The molecule has 0 radical (unpaired) electrons. The highest BCUT2D eigenvalue weighted by Gasteiger charge is 2.31. The lowest BCUT2D eigenvalue weighted by Crippen LogP contribution is -2.15. The van der Waals surface area contributed by atoms with Crippen LogP contribution in [0.2, 0.25) is 0 Å². The number of carbonyl (C=O) groups excluding carboxylic acids is 1. The second kappa shape index (κ2) is 7.19. The number of halogens is 1. The molecule has 160 valence electrons. The summed E-state index contributed by atoms with van der Waals surface area (Å²) in [7, 11) is 0. The predicted octanol–water partition coefficient (Wildman–Crippen LogP) is 4.18. The number of nitrogens with one attached hydrogen (secondary N) is 1. The first-order chi connectivity index (χ1) is 15.4. The van der Waals surface area contributed by atoms with Gasteiger partial charge in [0.15, 0.2) is 5.78 Å². The molecule has 0 amide bonds. The zero-order valence-electron chi connectivity index (χ0n) is 16.9. The van der Waals surface area contributed by atoms with Crippen LogP contribution in [0.4, 0.5) is 4.39 Å². The number of fused-ring (bicyclic) bond motifs is 3. The number of benzene rings is 1. The van der Waals surface area contributed by atoms with E-state index >= 15 is 0 Å². The summed E-state index contributed by atoms with van der Waals surface area (Å²) in [6, 6.07) is 4.08. The van der Waals surface area contributed by atoms with Crippen molar-refractivity contribution in [2.45, 2.75) is 19.9 Å². The highest BCUT2D eigenvalue weighted by molar-refractivity contribution is 6.29. The molecule has 0 atom stereocenters. The van der Waals surface area contributed by atoms with E-state index in [0.717, 1.165) is 5.56 Å². The number of aromatic amines is 1. The minimum atomic E-state index is -1.28. The van der Waals surface area contributed by atoms with Crippen molar-refractivity contribution in [3.63, 3.8) is 0 Å². The van der Waals surface area contributed by atoms with Crippen LogP contribution in [-0.2, 0) is 11.3 Å². The number of Topliss-reactive ketones (excluding diaryl/α,β-unsaturated/α-hetero) is 1. The van der Waals surface area contributed by atoms with E-state index in [-0.39, 0.29) is 57.6 Å². The summed E-state index contributed by atoms with van der Waals surface area (Å²) in [6.45, 7) is 1.78. The molecule has 7 nitrogen and oxygen atoms in total. The van der Waals surface area contributed by atoms with Gasteiger partial charge < -0.3 is 19.1 Å². The fraction of sp³-hybridized carbons (Fsp3) is 0.125. The van der Waals surface area contributed by atoms with Gasteiger partial charge in [0, 0.05) is 36.4 Å². The summed E-state index contributed by atoms with van der Waals surface area (Å²) in [6.07, 6.45) is 7.93. The largest absolute Gasteiger partial charge is 0.477 e. The Labute approximate surface area is 180 Å². The SMILES string of the molecule is Cc1c[nH]c(=O)cc1Cn1c(C(=O)O)c(C2=CC=CCC2=O)c2c3occc3c(F)cc21. The third-order valence-electron chi connectivity index (χ3n) is 5.76. The smallest absolute Gasteiger partial charge is 0.353 e. The van der Waals surface area contributed by atoms with Gasteiger partial charge in [-0.05, 0) is 30.2 Å². The number of aromatic nitrogens is 2. The maximum absolute atomic E-state index is 14.9. The van der Waals surface area contributed by atoms with E-state index in [4.69, 9.17) is 4.42 Å².